The standard InChI is InChI=1S/C28H24N6O3S/c1-2-22(35)31-17-8-9-18(14-17)32-26(36)25-24-23-21(11-13-30-27(23)38-25)34(28(37)33-24)19-10-12-29-20(15-19)16-6-4-3-5-7-16/h2-7,10-13,15,17-18H,1,8-9,14H2,(H,31,35)(H,32,36)(H,33,37)/t17-,18-/m1/s1. The van der Waals surface area contributed by atoms with Gasteiger partial charge in [0.1, 0.15) is 9.71 Å². The number of hydrogen-bond acceptors (Lipinski definition) is 6. The molecule has 0 spiro atoms. The zero-order valence-electron chi connectivity index (χ0n) is 20.3. The van der Waals surface area contributed by atoms with Gasteiger partial charge in [0.2, 0.25) is 5.91 Å². The normalized spacial score (nSPS) is 18.2. The van der Waals surface area contributed by atoms with Crippen molar-refractivity contribution in [2.45, 2.75) is 31.3 Å². The lowest BCUT2D eigenvalue weighted by atomic mass is 10.1. The van der Waals surface area contributed by atoms with Crippen molar-refractivity contribution in [3.63, 3.8) is 0 Å². The summed E-state index contributed by atoms with van der Waals surface area (Å²) in [6, 6.07) is 14.7. The summed E-state index contributed by atoms with van der Waals surface area (Å²) in [5, 5.41) is 9.62. The van der Waals surface area contributed by atoms with Gasteiger partial charge in [-0.3, -0.25) is 19.5 Å². The zero-order chi connectivity index (χ0) is 26.2. The highest BCUT2D eigenvalue weighted by Crippen LogP contribution is 2.46. The molecule has 2 atom stereocenters. The Kier molecular flexibility index (Phi) is 6.09. The first-order valence-electron chi connectivity index (χ1n) is 12.3. The van der Waals surface area contributed by atoms with E-state index >= 15 is 0 Å². The van der Waals surface area contributed by atoms with Crippen molar-refractivity contribution in [2.75, 3.05) is 10.2 Å². The number of urea groups is 1. The largest absolute Gasteiger partial charge is 0.350 e. The molecule has 9 nitrogen and oxygen atoms in total. The van der Waals surface area contributed by atoms with Crippen molar-refractivity contribution in [2.24, 2.45) is 0 Å². The summed E-state index contributed by atoms with van der Waals surface area (Å²) in [6.45, 7) is 3.48. The number of thiophene rings is 1. The third-order valence-corrected chi connectivity index (χ3v) is 7.92. The van der Waals surface area contributed by atoms with Crippen LogP contribution in [0.2, 0.25) is 0 Å². The van der Waals surface area contributed by atoms with Crippen LogP contribution in [0.1, 0.15) is 28.9 Å². The molecule has 0 unspecified atom stereocenters. The van der Waals surface area contributed by atoms with Gasteiger partial charge in [0.05, 0.1) is 28.1 Å². The Balaban J connectivity index is 1.30. The maximum atomic E-state index is 13.4. The van der Waals surface area contributed by atoms with Gasteiger partial charge in [-0.1, -0.05) is 36.9 Å². The molecule has 10 heteroatoms. The van der Waals surface area contributed by atoms with E-state index in [4.69, 9.17) is 0 Å². The lowest BCUT2D eigenvalue weighted by Gasteiger charge is -2.28. The first-order chi connectivity index (χ1) is 18.5. The lowest BCUT2D eigenvalue weighted by Crippen LogP contribution is -2.37. The maximum absolute atomic E-state index is 13.4. The fraction of sp³-hybridized carbons (Fsp3) is 0.179. The fourth-order valence-electron chi connectivity index (χ4n) is 5.08. The van der Waals surface area contributed by atoms with Gasteiger partial charge in [-0.2, -0.15) is 0 Å². The molecule has 4 aromatic rings. The molecule has 1 aromatic carbocycles. The number of pyridine rings is 2. The van der Waals surface area contributed by atoms with Crippen LogP contribution < -0.4 is 20.9 Å². The summed E-state index contributed by atoms with van der Waals surface area (Å²) >= 11 is 1.25. The molecule has 3 aromatic heterocycles. The molecule has 4 amide bonds. The van der Waals surface area contributed by atoms with E-state index < -0.39 is 0 Å². The first kappa shape index (κ1) is 23.8. The Labute approximate surface area is 222 Å². The van der Waals surface area contributed by atoms with Crippen LogP contribution in [0.25, 0.3) is 21.5 Å². The number of carbonyl (C=O) groups is 3. The predicted molar refractivity (Wildman–Crippen MR) is 148 cm³/mol. The number of carbonyl (C=O) groups excluding carboxylic acids is 3. The molecule has 1 aliphatic carbocycles. The van der Waals surface area contributed by atoms with E-state index in [2.05, 4.69) is 32.5 Å². The molecule has 0 saturated heterocycles. The van der Waals surface area contributed by atoms with Crippen LogP contribution >= 0.6 is 11.3 Å². The summed E-state index contributed by atoms with van der Waals surface area (Å²) in [4.78, 5) is 50.0. The molecule has 38 heavy (non-hydrogen) atoms. The Morgan fingerprint density at radius 1 is 1.05 bits per heavy atom. The minimum Gasteiger partial charge on any atom is -0.350 e. The van der Waals surface area contributed by atoms with Crippen molar-refractivity contribution in [1.82, 2.24) is 20.6 Å². The van der Waals surface area contributed by atoms with Crippen molar-refractivity contribution in [3.05, 3.63) is 78.5 Å². The summed E-state index contributed by atoms with van der Waals surface area (Å²) in [7, 11) is 0. The van der Waals surface area contributed by atoms with Gasteiger partial charge in [0.15, 0.2) is 0 Å². The van der Waals surface area contributed by atoms with Gasteiger partial charge in [0, 0.05) is 30.0 Å². The molecule has 6 rings (SSSR count). The van der Waals surface area contributed by atoms with Crippen LogP contribution in [0.3, 0.4) is 0 Å². The molecule has 1 saturated carbocycles. The van der Waals surface area contributed by atoms with Crippen LogP contribution in [-0.2, 0) is 4.79 Å². The number of benzene rings is 1. The van der Waals surface area contributed by atoms with E-state index in [0.29, 0.717) is 33.2 Å². The average Bonchev–Trinajstić information content (AvgIpc) is 3.54. The van der Waals surface area contributed by atoms with Crippen molar-refractivity contribution >= 4 is 56.5 Å². The van der Waals surface area contributed by atoms with Gasteiger partial charge in [-0.05, 0) is 43.5 Å². The van der Waals surface area contributed by atoms with E-state index in [1.807, 2.05) is 36.4 Å². The zero-order valence-corrected chi connectivity index (χ0v) is 21.1. The number of aromatic nitrogens is 2. The first-order valence-corrected chi connectivity index (χ1v) is 13.1. The summed E-state index contributed by atoms with van der Waals surface area (Å²) in [6.07, 6.45) is 6.74. The fourth-order valence-corrected chi connectivity index (χ4v) is 6.10. The molecular weight excluding hydrogens is 500 g/mol. The van der Waals surface area contributed by atoms with Gasteiger partial charge in [0.25, 0.3) is 5.91 Å². The second-order valence-corrected chi connectivity index (χ2v) is 10.2. The second kappa shape index (κ2) is 9.71. The summed E-state index contributed by atoms with van der Waals surface area (Å²) in [5.41, 5.74) is 3.47. The highest BCUT2D eigenvalue weighted by Gasteiger charge is 2.34. The smallest absolute Gasteiger partial charge is 0.331 e. The number of anilines is 3. The second-order valence-electron chi connectivity index (χ2n) is 9.24. The van der Waals surface area contributed by atoms with Crippen molar-refractivity contribution in [1.29, 1.82) is 0 Å². The Hall–Kier alpha value is -4.57. The van der Waals surface area contributed by atoms with Gasteiger partial charge >= 0.3 is 6.03 Å². The molecular formula is C28H24N6O3S. The Morgan fingerprint density at radius 2 is 1.82 bits per heavy atom. The molecule has 1 fully saturated rings. The number of amides is 4. The number of nitrogens with one attached hydrogen (secondary N) is 3. The van der Waals surface area contributed by atoms with E-state index in [1.54, 1.807) is 29.4 Å². The number of hydrogen-bond donors (Lipinski definition) is 3. The van der Waals surface area contributed by atoms with Gasteiger partial charge in [-0.15, -0.1) is 11.3 Å². The van der Waals surface area contributed by atoms with Crippen LogP contribution in [-0.4, -0.2) is 39.9 Å². The highest BCUT2D eigenvalue weighted by atomic mass is 32.1. The third kappa shape index (κ3) is 4.28. The molecule has 4 heterocycles. The van der Waals surface area contributed by atoms with E-state index in [9.17, 15) is 14.4 Å². The van der Waals surface area contributed by atoms with Gasteiger partial charge < -0.3 is 16.0 Å². The van der Waals surface area contributed by atoms with Crippen LogP contribution in [0.4, 0.5) is 21.9 Å². The molecule has 190 valence electrons. The molecule has 3 N–H and O–H groups in total. The van der Waals surface area contributed by atoms with Crippen molar-refractivity contribution < 1.29 is 14.4 Å². The van der Waals surface area contributed by atoms with E-state index in [-0.39, 0.29) is 29.9 Å². The monoisotopic (exact) mass is 524 g/mol. The minimum absolute atomic E-state index is 0.00534. The minimum atomic E-state index is -0.365. The van der Waals surface area contributed by atoms with Gasteiger partial charge in [-0.25, -0.2) is 9.78 Å². The van der Waals surface area contributed by atoms with E-state index in [1.165, 1.54) is 17.4 Å². The third-order valence-electron chi connectivity index (χ3n) is 6.82. The van der Waals surface area contributed by atoms with Crippen LogP contribution in [0.5, 0.6) is 0 Å². The van der Waals surface area contributed by atoms with Crippen molar-refractivity contribution in [3.8, 4) is 11.3 Å². The SMILES string of the molecule is C=CC(=O)N[C@@H]1CC[C@@H](NC(=O)c2sc3nccc4c3c2NC(=O)N4c2ccnc(-c3ccccc3)c2)C1. The summed E-state index contributed by atoms with van der Waals surface area (Å²) < 4.78 is 0. The molecule has 0 bridgehead atoms. The summed E-state index contributed by atoms with van der Waals surface area (Å²) in [5.74, 6) is -0.481. The lowest BCUT2D eigenvalue weighted by molar-refractivity contribution is -0.117. The molecule has 2 aliphatic rings. The number of nitrogens with zero attached hydrogens (tertiary/aromatic N) is 3. The Bertz CT molecular complexity index is 1580. The maximum Gasteiger partial charge on any atom is 0.331 e. The molecule has 1 aliphatic heterocycles. The number of rotatable bonds is 6. The quantitative estimate of drug-likeness (QED) is 0.307. The Morgan fingerprint density at radius 3 is 2.61 bits per heavy atom. The molecule has 0 radical (unpaired) electrons. The topological polar surface area (TPSA) is 116 Å². The van der Waals surface area contributed by atoms with Crippen LogP contribution in [0, 0.1) is 0 Å². The average molecular weight is 525 g/mol. The highest BCUT2D eigenvalue weighted by molar-refractivity contribution is 7.21. The van der Waals surface area contributed by atoms with E-state index in [0.717, 1.165) is 29.5 Å². The predicted octanol–water partition coefficient (Wildman–Crippen LogP) is 5.00. The van der Waals surface area contributed by atoms with Crippen LogP contribution in [0.15, 0.2) is 73.6 Å².